The lowest BCUT2D eigenvalue weighted by Crippen LogP contribution is -2.48. The number of rotatable bonds is 4. The van der Waals surface area contributed by atoms with E-state index in [0.717, 1.165) is 29.6 Å². The Hall–Kier alpha value is -1.71. The van der Waals surface area contributed by atoms with Crippen molar-refractivity contribution in [3.8, 4) is 0 Å². The molecule has 152 valence electrons. The first-order valence-electron chi connectivity index (χ1n) is 9.94. The lowest BCUT2D eigenvalue weighted by Gasteiger charge is -2.34. The number of aryl methyl sites for hydroxylation is 1. The van der Waals surface area contributed by atoms with Crippen molar-refractivity contribution >= 4 is 33.0 Å². The number of thiophene rings is 1. The van der Waals surface area contributed by atoms with Crippen molar-refractivity contribution in [2.75, 3.05) is 49.1 Å². The molecule has 2 aromatic heterocycles. The average molecular weight is 422 g/mol. The maximum absolute atomic E-state index is 12.8. The number of hydrogen-bond acceptors (Lipinski definition) is 7. The van der Waals surface area contributed by atoms with Crippen molar-refractivity contribution in [3.05, 3.63) is 29.1 Å². The van der Waals surface area contributed by atoms with Crippen molar-refractivity contribution in [1.29, 1.82) is 0 Å². The van der Waals surface area contributed by atoms with Crippen LogP contribution in [0.3, 0.4) is 0 Å². The van der Waals surface area contributed by atoms with Crippen LogP contribution in [0.25, 0.3) is 0 Å². The first kappa shape index (κ1) is 19.6. The van der Waals surface area contributed by atoms with E-state index in [-0.39, 0.29) is 0 Å². The summed E-state index contributed by atoms with van der Waals surface area (Å²) >= 11 is 1.33. The maximum Gasteiger partial charge on any atom is 0.252 e. The van der Waals surface area contributed by atoms with Gasteiger partial charge in [0.25, 0.3) is 10.0 Å². The first-order chi connectivity index (χ1) is 13.5. The summed E-state index contributed by atoms with van der Waals surface area (Å²) in [6, 6.07) is 7.62. The van der Waals surface area contributed by atoms with Gasteiger partial charge in [0.2, 0.25) is 0 Å². The van der Waals surface area contributed by atoms with Gasteiger partial charge in [-0.2, -0.15) is 4.31 Å². The average Bonchev–Trinajstić information content (AvgIpc) is 2.99. The summed E-state index contributed by atoms with van der Waals surface area (Å²) in [4.78, 5) is 5.44. The summed E-state index contributed by atoms with van der Waals surface area (Å²) in [5.74, 6) is 1.77. The number of piperazine rings is 1. The summed E-state index contributed by atoms with van der Waals surface area (Å²) < 4.78 is 27.6. The van der Waals surface area contributed by atoms with E-state index in [1.807, 2.05) is 25.1 Å². The van der Waals surface area contributed by atoms with Crippen LogP contribution >= 0.6 is 11.3 Å². The van der Waals surface area contributed by atoms with Crippen molar-refractivity contribution in [2.24, 2.45) is 0 Å². The molecule has 0 atom stereocenters. The number of anilines is 2. The zero-order chi connectivity index (χ0) is 19.6. The Morgan fingerprint density at radius 3 is 1.86 bits per heavy atom. The minimum absolute atomic E-state index is 0.431. The van der Waals surface area contributed by atoms with E-state index < -0.39 is 10.0 Å². The van der Waals surface area contributed by atoms with E-state index in [0.29, 0.717) is 30.4 Å². The Balaban J connectivity index is 1.38. The van der Waals surface area contributed by atoms with Crippen molar-refractivity contribution in [2.45, 2.75) is 36.8 Å². The van der Waals surface area contributed by atoms with Crippen LogP contribution in [0.4, 0.5) is 11.6 Å². The molecule has 2 aliphatic heterocycles. The van der Waals surface area contributed by atoms with E-state index in [4.69, 9.17) is 0 Å². The highest BCUT2D eigenvalue weighted by Gasteiger charge is 2.30. The minimum Gasteiger partial charge on any atom is -0.355 e. The van der Waals surface area contributed by atoms with Gasteiger partial charge in [-0.1, -0.05) is 12.8 Å². The fourth-order valence-electron chi connectivity index (χ4n) is 3.79. The largest absolute Gasteiger partial charge is 0.355 e. The zero-order valence-electron chi connectivity index (χ0n) is 16.2. The summed E-state index contributed by atoms with van der Waals surface area (Å²) in [6.45, 7) is 6.21. The van der Waals surface area contributed by atoms with E-state index in [9.17, 15) is 8.42 Å². The zero-order valence-corrected chi connectivity index (χ0v) is 17.9. The third kappa shape index (κ3) is 4.16. The predicted molar refractivity (Wildman–Crippen MR) is 113 cm³/mol. The van der Waals surface area contributed by atoms with Gasteiger partial charge >= 0.3 is 0 Å². The van der Waals surface area contributed by atoms with Gasteiger partial charge in [0.05, 0.1) is 0 Å². The quantitative estimate of drug-likeness (QED) is 0.756. The first-order valence-corrected chi connectivity index (χ1v) is 12.2. The molecule has 0 spiro atoms. The molecule has 0 aliphatic carbocycles. The van der Waals surface area contributed by atoms with Gasteiger partial charge in [-0.25, -0.2) is 8.42 Å². The van der Waals surface area contributed by atoms with Crippen LogP contribution in [0.1, 0.15) is 30.6 Å². The Morgan fingerprint density at radius 2 is 1.36 bits per heavy atom. The van der Waals surface area contributed by atoms with Gasteiger partial charge in [-0.05, 0) is 44.0 Å². The summed E-state index contributed by atoms with van der Waals surface area (Å²) in [5, 5.41) is 8.87. The molecule has 0 N–H and O–H groups in total. The summed E-state index contributed by atoms with van der Waals surface area (Å²) in [5.41, 5.74) is 0. The Morgan fingerprint density at radius 1 is 0.786 bits per heavy atom. The molecule has 9 heteroatoms. The minimum atomic E-state index is -3.39. The highest BCUT2D eigenvalue weighted by molar-refractivity contribution is 7.91. The number of hydrogen-bond donors (Lipinski definition) is 0. The van der Waals surface area contributed by atoms with E-state index in [2.05, 4.69) is 20.0 Å². The molecule has 2 aromatic rings. The number of sulfonamides is 1. The van der Waals surface area contributed by atoms with E-state index in [1.54, 1.807) is 10.4 Å². The second-order valence-electron chi connectivity index (χ2n) is 7.41. The van der Waals surface area contributed by atoms with Crippen LogP contribution in [0, 0.1) is 6.92 Å². The number of nitrogens with zero attached hydrogens (tertiary/aromatic N) is 5. The smallest absolute Gasteiger partial charge is 0.252 e. The highest BCUT2D eigenvalue weighted by Crippen LogP contribution is 2.26. The Labute approximate surface area is 171 Å². The topological polar surface area (TPSA) is 69.6 Å². The standard InChI is InChI=1S/C19H27N5O2S2/c1-16-6-9-19(27-16)28(25,26)24-14-12-23(13-15-24)18-8-7-17(20-21-18)22-10-4-2-3-5-11-22/h6-9H,2-5,10-15H2,1H3. The fourth-order valence-corrected chi connectivity index (χ4v) is 6.65. The molecule has 28 heavy (non-hydrogen) atoms. The van der Waals surface area contributed by atoms with Gasteiger partial charge in [0, 0.05) is 44.1 Å². The molecular formula is C19H27N5O2S2. The number of aromatic nitrogens is 2. The van der Waals surface area contributed by atoms with Crippen LogP contribution < -0.4 is 9.80 Å². The normalized spacial score (nSPS) is 19.6. The summed E-state index contributed by atoms with van der Waals surface area (Å²) in [7, 11) is -3.39. The van der Waals surface area contributed by atoms with Crippen LogP contribution in [0.5, 0.6) is 0 Å². The van der Waals surface area contributed by atoms with Crippen molar-refractivity contribution in [1.82, 2.24) is 14.5 Å². The van der Waals surface area contributed by atoms with Crippen LogP contribution in [-0.2, 0) is 10.0 Å². The summed E-state index contributed by atoms with van der Waals surface area (Å²) in [6.07, 6.45) is 5.01. The Bertz CT molecular complexity index is 881. The molecule has 0 bridgehead atoms. The molecule has 0 radical (unpaired) electrons. The van der Waals surface area contributed by atoms with Gasteiger partial charge in [0.1, 0.15) is 4.21 Å². The van der Waals surface area contributed by atoms with Crippen LogP contribution in [-0.4, -0.2) is 62.2 Å². The van der Waals surface area contributed by atoms with Crippen molar-refractivity contribution in [3.63, 3.8) is 0 Å². The van der Waals surface area contributed by atoms with Gasteiger partial charge < -0.3 is 9.80 Å². The predicted octanol–water partition coefficient (Wildman–Crippen LogP) is 2.74. The van der Waals surface area contributed by atoms with E-state index in [1.165, 1.54) is 37.0 Å². The fraction of sp³-hybridized carbons (Fsp3) is 0.579. The third-order valence-electron chi connectivity index (χ3n) is 5.44. The molecule has 0 unspecified atom stereocenters. The van der Waals surface area contributed by atoms with Gasteiger partial charge in [-0.3, -0.25) is 0 Å². The lowest BCUT2D eigenvalue weighted by atomic mass is 10.2. The SMILES string of the molecule is Cc1ccc(S(=O)(=O)N2CCN(c3ccc(N4CCCCCC4)nn3)CC2)s1. The second kappa shape index (κ2) is 8.34. The molecule has 0 saturated carbocycles. The molecule has 4 heterocycles. The van der Waals surface area contributed by atoms with Gasteiger partial charge in [0.15, 0.2) is 11.6 Å². The molecule has 0 aromatic carbocycles. The highest BCUT2D eigenvalue weighted by atomic mass is 32.2. The molecule has 2 saturated heterocycles. The van der Waals surface area contributed by atoms with Gasteiger partial charge in [-0.15, -0.1) is 21.5 Å². The second-order valence-corrected chi connectivity index (χ2v) is 10.9. The van der Waals surface area contributed by atoms with E-state index >= 15 is 0 Å². The molecular weight excluding hydrogens is 394 g/mol. The van der Waals surface area contributed by atoms with Crippen molar-refractivity contribution < 1.29 is 8.42 Å². The molecule has 2 fully saturated rings. The van der Waals surface area contributed by atoms with Crippen LogP contribution in [0.15, 0.2) is 28.5 Å². The third-order valence-corrected chi connectivity index (χ3v) is 8.81. The van der Waals surface area contributed by atoms with Crippen LogP contribution in [0.2, 0.25) is 0 Å². The monoisotopic (exact) mass is 421 g/mol. The molecule has 7 nitrogen and oxygen atoms in total. The maximum atomic E-state index is 12.8. The molecule has 4 rings (SSSR count). The lowest BCUT2D eigenvalue weighted by molar-refractivity contribution is 0.384. The molecule has 2 aliphatic rings. The Kier molecular flexibility index (Phi) is 5.84. The molecule has 0 amide bonds.